The van der Waals surface area contributed by atoms with Crippen LogP contribution in [0.5, 0.6) is 0 Å². The molecule has 0 spiro atoms. The molecule has 1 aromatic carbocycles. The number of nitrogens with zero attached hydrogens (tertiary/aromatic N) is 1. The molecule has 0 radical (unpaired) electrons. The lowest BCUT2D eigenvalue weighted by atomic mass is 10.0. The molecule has 2 unspecified atom stereocenters. The summed E-state index contributed by atoms with van der Waals surface area (Å²) in [6.07, 6.45) is 0. The van der Waals surface area contributed by atoms with Crippen LogP contribution in [-0.4, -0.2) is 54.4 Å². The molecule has 1 heterocycles. The minimum absolute atomic E-state index is 0.221. The number of alkyl halides is 1. The van der Waals surface area contributed by atoms with Crippen LogP contribution in [0.3, 0.4) is 0 Å². The first-order valence-corrected chi connectivity index (χ1v) is 11.2. The molecule has 1 aromatic rings. The van der Waals surface area contributed by atoms with Crippen molar-refractivity contribution in [3.63, 3.8) is 0 Å². The monoisotopic (exact) mass is 391 g/mol. The Morgan fingerprint density at radius 1 is 1.38 bits per heavy atom. The summed E-state index contributed by atoms with van der Waals surface area (Å²) < 4.78 is 24.6. The average molecular weight is 392 g/mol. The first kappa shape index (κ1) is 17.3. The van der Waals surface area contributed by atoms with Gasteiger partial charge in [0.05, 0.1) is 0 Å². The first-order chi connectivity index (χ1) is 10.1. The van der Waals surface area contributed by atoms with Gasteiger partial charge in [0.25, 0.3) is 0 Å². The molecule has 0 saturated carbocycles. The van der Waals surface area contributed by atoms with Crippen LogP contribution in [0.1, 0.15) is 18.4 Å². The first-order valence-electron chi connectivity index (χ1n) is 7.22. The van der Waals surface area contributed by atoms with Gasteiger partial charge in [-0.15, -0.1) is 0 Å². The van der Waals surface area contributed by atoms with E-state index in [0.29, 0.717) is 11.7 Å². The Labute approximate surface area is 140 Å². The Balaban J connectivity index is 2.15. The summed E-state index contributed by atoms with van der Waals surface area (Å²) in [5.41, 5.74) is 1.26. The van der Waals surface area contributed by atoms with Gasteiger partial charge in [0.1, 0.15) is 5.37 Å². The van der Waals surface area contributed by atoms with E-state index in [4.69, 9.17) is 0 Å². The molecule has 118 valence electrons. The van der Waals surface area contributed by atoms with Crippen LogP contribution in [0.2, 0.25) is 0 Å². The number of halogens is 1. The summed E-state index contributed by atoms with van der Waals surface area (Å²) in [6.45, 7) is 3.39. The number of hydrogen-bond acceptors (Lipinski definition) is 4. The largest absolute Gasteiger partial charge is 0.285 e. The third-order valence-corrected chi connectivity index (χ3v) is 8.03. The highest BCUT2D eigenvalue weighted by molar-refractivity contribution is 9.09. The van der Waals surface area contributed by atoms with Gasteiger partial charge in [-0.1, -0.05) is 53.2 Å². The van der Waals surface area contributed by atoms with E-state index in [1.165, 1.54) is 5.56 Å². The van der Waals surface area contributed by atoms with Gasteiger partial charge >= 0.3 is 0 Å². The zero-order chi connectivity index (χ0) is 15.3. The van der Waals surface area contributed by atoms with Crippen molar-refractivity contribution in [3.8, 4) is 0 Å². The van der Waals surface area contributed by atoms with Crippen molar-refractivity contribution in [1.82, 2.24) is 4.90 Å². The fraction of sp³-hybridized carbons (Fsp3) is 0.600. The molecule has 0 N–H and O–H groups in total. The summed E-state index contributed by atoms with van der Waals surface area (Å²) in [5, 5.41) is 0.519. The van der Waals surface area contributed by atoms with Crippen molar-refractivity contribution in [2.75, 3.05) is 35.7 Å². The minimum Gasteiger partial charge on any atom is -0.285 e. The Morgan fingerprint density at radius 3 is 2.71 bits per heavy atom. The quantitative estimate of drug-likeness (QED) is 0.698. The Kier molecular flexibility index (Phi) is 6.59. The van der Waals surface area contributed by atoms with Crippen molar-refractivity contribution < 1.29 is 8.42 Å². The molecule has 1 saturated heterocycles. The van der Waals surface area contributed by atoms with Gasteiger partial charge in [0.2, 0.25) is 0 Å². The Hall–Kier alpha value is -0.0400. The number of sulfone groups is 1. The predicted octanol–water partition coefficient (Wildman–Crippen LogP) is 2.97. The predicted molar refractivity (Wildman–Crippen MR) is 95.1 cm³/mol. The van der Waals surface area contributed by atoms with E-state index in [1.54, 1.807) is 18.7 Å². The van der Waals surface area contributed by atoms with Crippen LogP contribution in [0.15, 0.2) is 30.3 Å². The molecule has 1 aliphatic heterocycles. The normalized spacial score (nSPS) is 22.1. The molecular formula is C15H22BrNO2S2. The molecule has 1 aliphatic rings. The third-order valence-electron chi connectivity index (χ3n) is 3.92. The van der Waals surface area contributed by atoms with Crippen molar-refractivity contribution in [3.05, 3.63) is 35.9 Å². The molecule has 1 fully saturated rings. The van der Waals surface area contributed by atoms with E-state index in [0.717, 1.165) is 24.2 Å². The van der Waals surface area contributed by atoms with Gasteiger partial charge in [0.15, 0.2) is 9.84 Å². The topological polar surface area (TPSA) is 37.4 Å². The van der Waals surface area contributed by atoms with Gasteiger partial charge in [0, 0.05) is 41.6 Å². The van der Waals surface area contributed by atoms with Crippen molar-refractivity contribution in [2.45, 2.75) is 18.2 Å². The molecule has 0 aromatic heterocycles. The lowest BCUT2D eigenvalue weighted by Crippen LogP contribution is -2.49. The van der Waals surface area contributed by atoms with Crippen LogP contribution in [0.25, 0.3) is 0 Å². The average Bonchev–Trinajstić information content (AvgIpc) is 2.53. The van der Waals surface area contributed by atoms with Gasteiger partial charge in [-0.25, -0.2) is 8.42 Å². The van der Waals surface area contributed by atoms with Crippen molar-refractivity contribution in [2.24, 2.45) is 0 Å². The van der Waals surface area contributed by atoms with Crippen LogP contribution >= 0.6 is 27.7 Å². The van der Waals surface area contributed by atoms with Gasteiger partial charge in [-0.05, 0) is 5.56 Å². The van der Waals surface area contributed by atoms with Gasteiger partial charge < -0.3 is 0 Å². The maximum Gasteiger partial charge on any atom is 0.166 e. The smallest absolute Gasteiger partial charge is 0.166 e. The van der Waals surface area contributed by atoms with Crippen molar-refractivity contribution >= 4 is 37.5 Å². The summed E-state index contributed by atoms with van der Waals surface area (Å²) in [7, 11) is -3.02. The number of rotatable bonds is 6. The number of hydrogen-bond donors (Lipinski definition) is 0. The molecule has 0 bridgehead atoms. The molecule has 2 atom stereocenters. The van der Waals surface area contributed by atoms with Crippen molar-refractivity contribution in [1.29, 1.82) is 0 Å². The zero-order valence-corrected chi connectivity index (χ0v) is 15.5. The van der Waals surface area contributed by atoms with E-state index in [2.05, 4.69) is 33.0 Å². The summed E-state index contributed by atoms with van der Waals surface area (Å²) in [4.78, 5) is 2.16. The molecular weight excluding hydrogens is 370 g/mol. The molecule has 21 heavy (non-hydrogen) atoms. The second kappa shape index (κ2) is 7.99. The summed E-state index contributed by atoms with van der Waals surface area (Å²) in [6, 6.07) is 10.3. The SMILES string of the molecule is CCS(=O)(=O)C1CSCCN1CC(CBr)c1ccccc1. The second-order valence-corrected chi connectivity index (χ2v) is 9.48. The van der Waals surface area contributed by atoms with E-state index in [1.807, 2.05) is 18.2 Å². The fourth-order valence-electron chi connectivity index (χ4n) is 2.60. The molecule has 0 amide bonds. The minimum atomic E-state index is -3.02. The molecule has 3 nitrogen and oxygen atoms in total. The lowest BCUT2D eigenvalue weighted by molar-refractivity contribution is 0.258. The maximum atomic E-state index is 12.3. The van der Waals surface area contributed by atoms with E-state index < -0.39 is 9.84 Å². The number of thioether (sulfide) groups is 1. The van der Waals surface area contributed by atoms with Crippen LogP contribution in [-0.2, 0) is 9.84 Å². The second-order valence-electron chi connectivity index (χ2n) is 5.24. The highest BCUT2D eigenvalue weighted by Crippen LogP contribution is 2.26. The van der Waals surface area contributed by atoms with E-state index >= 15 is 0 Å². The standard InChI is InChI=1S/C15H22BrNO2S2/c1-2-21(18,19)15-12-20-9-8-17(15)11-14(10-16)13-6-4-3-5-7-13/h3-7,14-15H,2,8-12H2,1H3. The van der Waals surface area contributed by atoms with Gasteiger partial charge in [-0.2, -0.15) is 11.8 Å². The number of benzene rings is 1. The lowest BCUT2D eigenvalue weighted by Gasteiger charge is -2.36. The Bertz CT molecular complexity index is 536. The highest BCUT2D eigenvalue weighted by atomic mass is 79.9. The van der Waals surface area contributed by atoms with Gasteiger partial charge in [-0.3, -0.25) is 4.90 Å². The zero-order valence-electron chi connectivity index (χ0n) is 12.2. The van der Waals surface area contributed by atoms with Crippen LogP contribution in [0, 0.1) is 0 Å². The third kappa shape index (κ3) is 4.47. The highest BCUT2D eigenvalue weighted by Gasteiger charge is 2.33. The summed E-state index contributed by atoms with van der Waals surface area (Å²) >= 11 is 5.33. The molecule has 6 heteroatoms. The maximum absolute atomic E-state index is 12.3. The van der Waals surface area contributed by atoms with Crippen LogP contribution in [0.4, 0.5) is 0 Å². The summed E-state index contributed by atoms with van der Waals surface area (Å²) in [5.74, 6) is 2.25. The fourth-order valence-corrected chi connectivity index (χ4v) is 6.27. The van der Waals surface area contributed by atoms with Crippen LogP contribution < -0.4 is 0 Å². The van der Waals surface area contributed by atoms with E-state index in [-0.39, 0.29) is 11.1 Å². The van der Waals surface area contributed by atoms with E-state index in [9.17, 15) is 8.42 Å². The molecule has 0 aliphatic carbocycles. The Morgan fingerprint density at radius 2 is 2.10 bits per heavy atom. The molecule has 2 rings (SSSR count).